The van der Waals surface area contributed by atoms with Crippen LogP contribution in [0.1, 0.15) is 12.8 Å². The molecule has 0 unspecified atom stereocenters. The number of nitrogens with zero attached hydrogens (tertiary/aromatic N) is 2. The first-order chi connectivity index (χ1) is 9.42. The Morgan fingerprint density at radius 2 is 1.68 bits per heavy atom. The largest absolute Gasteiger partial charge is 0.380 e. The van der Waals surface area contributed by atoms with Crippen molar-refractivity contribution in [3.63, 3.8) is 0 Å². The fourth-order valence-corrected chi connectivity index (χ4v) is 2.34. The molecule has 3 rings (SSSR count). The number of benzene rings is 1. The van der Waals surface area contributed by atoms with Crippen LogP contribution >= 0.6 is 0 Å². The van der Waals surface area contributed by atoms with Crippen LogP contribution in [0.2, 0.25) is 0 Å². The van der Waals surface area contributed by atoms with Crippen LogP contribution in [0, 0.1) is 0 Å². The molecule has 2 aromatic rings. The molecule has 4 nitrogen and oxygen atoms in total. The normalized spacial score (nSPS) is 16.2. The van der Waals surface area contributed by atoms with Crippen LogP contribution in [0.4, 0.5) is 5.69 Å². The van der Waals surface area contributed by atoms with Crippen molar-refractivity contribution in [1.82, 2.24) is 15.3 Å². The van der Waals surface area contributed by atoms with E-state index in [1.54, 1.807) is 0 Å². The predicted molar refractivity (Wildman–Crippen MR) is 77.0 cm³/mol. The first kappa shape index (κ1) is 12.1. The molecule has 0 amide bonds. The zero-order valence-corrected chi connectivity index (χ0v) is 10.8. The summed E-state index contributed by atoms with van der Waals surface area (Å²) in [6, 6.07) is 10.6. The van der Waals surface area contributed by atoms with Crippen molar-refractivity contribution in [2.24, 2.45) is 0 Å². The van der Waals surface area contributed by atoms with E-state index >= 15 is 0 Å². The van der Waals surface area contributed by atoms with Gasteiger partial charge in [-0.3, -0.25) is 0 Å². The van der Waals surface area contributed by atoms with Gasteiger partial charge in [-0.2, -0.15) is 0 Å². The number of hydrogen-bond acceptors (Lipinski definition) is 4. The fourth-order valence-electron chi connectivity index (χ4n) is 2.34. The average molecular weight is 254 g/mol. The lowest BCUT2D eigenvalue weighted by atomic mass is 10.1. The van der Waals surface area contributed by atoms with Gasteiger partial charge in [-0.25, -0.2) is 9.97 Å². The van der Waals surface area contributed by atoms with Gasteiger partial charge in [0.25, 0.3) is 0 Å². The van der Waals surface area contributed by atoms with E-state index in [9.17, 15) is 0 Å². The molecule has 1 fully saturated rings. The number of aromatic nitrogens is 2. The molecule has 0 bridgehead atoms. The Bertz CT molecular complexity index is 503. The molecule has 2 heterocycles. The van der Waals surface area contributed by atoms with E-state index in [4.69, 9.17) is 0 Å². The van der Waals surface area contributed by atoms with Gasteiger partial charge in [0.2, 0.25) is 0 Å². The molecule has 0 radical (unpaired) electrons. The molecule has 1 saturated heterocycles. The minimum atomic E-state index is 0.535. The van der Waals surface area contributed by atoms with Gasteiger partial charge in [0.05, 0.1) is 18.1 Å². The maximum absolute atomic E-state index is 4.43. The van der Waals surface area contributed by atoms with Crippen molar-refractivity contribution < 1.29 is 0 Å². The summed E-state index contributed by atoms with van der Waals surface area (Å²) in [6.07, 6.45) is 6.05. The summed E-state index contributed by atoms with van der Waals surface area (Å²) in [5.74, 6) is 0.775. The summed E-state index contributed by atoms with van der Waals surface area (Å²) in [5.41, 5.74) is 2.06. The Kier molecular flexibility index (Phi) is 3.70. The SMILES string of the molecule is c1ccc(-c2ncc(NC3CCNCC3)cn2)cc1. The summed E-state index contributed by atoms with van der Waals surface area (Å²) in [6.45, 7) is 2.17. The molecule has 0 saturated carbocycles. The van der Waals surface area contributed by atoms with Crippen molar-refractivity contribution in [3.8, 4) is 11.4 Å². The third kappa shape index (κ3) is 3.09. The second-order valence-electron chi connectivity index (χ2n) is 4.83. The molecule has 1 aromatic heterocycles. The smallest absolute Gasteiger partial charge is 0.159 e. The van der Waals surface area contributed by atoms with Gasteiger partial charge in [-0.1, -0.05) is 30.3 Å². The van der Waals surface area contributed by atoms with Crippen LogP contribution in [-0.4, -0.2) is 29.1 Å². The number of hydrogen-bond donors (Lipinski definition) is 2. The maximum Gasteiger partial charge on any atom is 0.159 e. The van der Waals surface area contributed by atoms with Gasteiger partial charge in [0.1, 0.15) is 0 Å². The van der Waals surface area contributed by atoms with E-state index in [1.807, 2.05) is 42.7 Å². The highest BCUT2D eigenvalue weighted by Gasteiger charge is 2.12. The summed E-state index contributed by atoms with van der Waals surface area (Å²) in [5, 5.41) is 6.85. The molecule has 0 spiro atoms. The van der Waals surface area contributed by atoms with Crippen LogP contribution < -0.4 is 10.6 Å². The third-order valence-corrected chi connectivity index (χ3v) is 3.39. The van der Waals surface area contributed by atoms with Gasteiger partial charge in [0, 0.05) is 11.6 Å². The first-order valence-corrected chi connectivity index (χ1v) is 6.76. The highest BCUT2D eigenvalue weighted by molar-refractivity contribution is 5.55. The Morgan fingerprint density at radius 3 is 2.37 bits per heavy atom. The quantitative estimate of drug-likeness (QED) is 0.882. The lowest BCUT2D eigenvalue weighted by molar-refractivity contribution is 0.479. The van der Waals surface area contributed by atoms with Crippen LogP contribution in [0.15, 0.2) is 42.7 Å². The monoisotopic (exact) mass is 254 g/mol. The van der Waals surface area contributed by atoms with Crippen LogP contribution in [0.25, 0.3) is 11.4 Å². The van der Waals surface area contributed by atoms with Crippen molar-refractivity contribution in [2.45, 2.75) is 18.9 Å². The molecule has 4 heteroatoms. The number of anilines is 1. The van der Waals surface area contributed by atoms with E-state index in [-0.39, 0.29) is 0 Å². The first-order valence-electron chi connectivity index (χ1n) is 6.76. The van der Waals surface area contributed by atoms with Gasteiger partial charge >= 0.3 is 0 Å². The molecular formula is C15H18N4. The molecule has 1 aliphatic rings. The van der Waals surface area contributed by atoms with Crippen molar-refractivity contribution in [2.75, 3.05) is 18.4 Å². The van der Waals surface area contributed by atoms with E-state index < -0.39 is 0 Å². The minimum absolute atomic E-state index is 0.535. The van der Waals surface area contributed by atoms with E-state index in [2.05, 4.69) is 20.6 Å². The maximum atomic E-state index is 4.43. The zero-order valence-electron chi connectivity index (χ0n) is 10.8. The van der Waals surface area contributed by atoms with Crippen LogP contribution in [0.3, 0.4) is 0 Å². The highest BCUT2D eigenvalue weighted by atomic mass is 15.0. The Morgan fingerprint density at radius 1 is 1.00 bits per heavy atom. The molecule has 98 valence electrons. The summed E-state index contributed by atoms with van der Waals surface area (Å²) >= 11 is 0. The van der Waals surface area contributed by atoms with Crippen molar-refractivity contribution in [3.05, 3.63) is 42.7 Å². The summed E-state index contributed by atoms with van der Waals surface area (Å²) < 4.78 is 0. The van der Waals surface area contributed by atoms with Gasteiger partial charge in [0.15, 0.2) is 5.82 Å². The Balaban J connectivity index is 1.68. The van der Waals surface area contributed by atoms with Gasteiger partial charge in [-0.15, -0.1) is 0 Å². The molecule has 0 aliphatic carbocycles. The molecular weight excluding hydrogens is 236 g/mol. The van der Waals surface area contributed by atoms with Gasteiger partial charge in [-0.05, 0) is 25.9 Å². The predicted octanol–water partition coefficient (Wildman–Crippen LogP) is 2.31. The second kappa shape index (κ2) is 5.80. The lowest BCUT2D eigenvalue weighted by Gasteiger charge is -2.24. The zero-order chi connectivity index (χ0) is 12.9. The third-order valence-electron chi connectivity index (χ3n) is 3.39. The Labute approximate surface area is 113 Å². The van der Waals surface area contributed by atoms with E-state index in [0.29, 0.717) is 6.04 Å². The van der Waals surface area contributed by atoms with Crippen molar-refractivity contribution in [1.29, 1.82) is 0 Å². The molecule has 2 N–H and O–H groups in total. The summed E-state index contributed by atoms with van der Waals surface area (Å²) in [7, 11) is 0. The topological polar surface area (TPSA) is 49.8 Å². The molecule has 1 aromatic carbocycles. The Hall–Kier alpha value is -1.94. The summed E-state index contributed by atoms with van der Waals surface area (Å²) in [4.78, 5) is 8.85. The molecule has 1 aliphatic heterocycles. The van der Waals surface area contributed by atoms with Crippen LogP contribution in [0.5, 0.6) is 0 Å². The number of piperidine rings is 1. The minimum Gasteiger partial charge on any atom is -0.380 e. The standard InChI is InChI=1S/C15H18N4/c1-2-4-12(5-3-1)15-17-10-14(11-18-15)19-13-6-8-16-9-7-13/h1-5,10-11,13,16,19H,6-9H2. The second-order valence-corrected chi connectivity index (χ2v) is 4.83. The van der Waals surface area contributed by atoms with Crippen LogP contribution in [-0.2, 0) is 0 Å². The number of nitrogens with one attached hydrogen (secondary N) is 2. The average Bonchev–Trinajstić information content (AvgIpc) is 2.50. The van der Waals surface area contributed by atoms with Crippen molar-refractivity contribution >= 4 is 5.69 Å². The van der Waals surface area contributed by atoms with E-state index in [0.717, 1.165) is 43.0 Å². The number of rotatable bonds is 3. The van der Waals surface area contributed by atoms with E-state index in [1.165, 1.54) is 0 Å². The highest BCUT2D eigenvalue weighted by Crippen LogP contribution is 2.16. The fraction of sp³-hybridized carbons (Fsp3) is 0.333. The lowest BCUT2D eigenvalue weighted by Crippen LogP contribution is -2.35. The van der Waals surface area contributed by atoms with Gasteiger partial charge < -0.3 is 10.6 Å². The molecule has 19 heavy (non-hydrogen) atoms. The molecule has 0 atom stereocenters.